The molecule has 1 amide bonds. The zero-order valence-electron chi connectivity index (χ0n) is 6.59. The summed E-state index contributed by atoms with van der Waals surface area (Å²) < 4.78 is 0. The van der Waals surface area contributed by atoms with Crippen LogP contribution in [0.3, 0.4) is 0 Å². The Labute approximate surface area is 65.9 Å². The molecule has 60 valence electrons. The quantitative estimate of drug-likeness (QED) is 0.564. The van der Waals surface area contributed by atoms with Crippen LogP contribution in [0.5, 0.6) is 0 Å². The highest BCUT2D eigenvalue weighted by molar-refractivity contribution is 5.79. The molecule has 1 aliphatic rings. The molecule has 11 heavy (non-hydrogen) atoms. The normalized spacial score (nSPS) is 17.4. The van der Waals surface area contributed by atoms with Crippen LogP contribution in [0, 0.1) is 0 Å². The summed E-state index contributed by atoms with van der Waals surface area (Å²) in [5, 5.41) is 1.21. The lowest BCUT2D eigenvalue weighted by atomic mass is 10.3. The Bertz CT molecular complexity index is 204. The molecule has 3 heteroatoms. The maximum absolute atomic E-state index is 11.0. The third-order valence-electron chi connectivity index (χ3n) is 1.39. The number of carbonyl (C=O) groups excluding carboxylic acids is 1. The predicted octanol–water partition coefficient (Wildman–Crippen LogP) is 1.59. The zero-order chi connectivity index (χ0) is 8.43. The van der Waals surface area contributed by atoms with Gasteiger partial charge in [0.1, 0.15) is 5.76 Å². The van der Waals surface area contributed by atoms with Gasteiger partial charge in [0.2, 0.25) is 0 Å². The summed E-state index contributed by atoms with van der Waals surface area (Å²) in [5.41, 5.74) is 0.706. The second kappa shape index (κ2) is 2.78. The van der Waals surface area contributed by atoms with Crippen molar-refractivity contribution in [2.24, 2.45) is 0 Å². The summed E-state index contributed by atoms with van der Waals surface area (Å²) in [6.07, 6.45) is 1.18. The highest BCUT2D eigenvalue weighted by Crippen LogP contribution is 2.21. The maximum Gasteiger partial charge on any atom is 0.260 e. The highest BCUT2D eigenvalue weighted by Gasteiger charge is 2.25. The van der Waals surface area contributed by atoms with E-state index in [0.717, 1.165) is 0 Å². The molecule has 0 radical (unpaired) electrons. The van der Waals surface area contributed by atoms with Gasteiger partial charge in [0.05, 0.1) is 5.70 Å². The molecule has 0 aromatic carbocycles. The molecule has 0 aromatic rings. The molecule has 0 aromatic heterocycles. The van der Waals surface area contributed by atoms with Gasteiger partial charge in [0.25, 0.3) is 5.91 Å². The van der Waals surface area contributed by atoms with Crippen molar-refractivity contribution < 1.29 is 9.63 Å². The standard InChI is InChI=1S/C8H11NO2/c1-6(2)11-9-7(3)4-5-8(9)10/h1,3-5H2,2H3. The van der Waals surface area contributed by atoms with E-state index in [4.69, 9.17) is 4.84 Å². The van der Waals surface area contributed by atoms with E-state index in [2.05, 4.69) is 13.2 Å². The van der Waals surface area contributed by atoms with Gasteiger partial charge in [-0.25, -0.2) is 0 Å². The fourth-order valence-corrected chi connectivity index (χ4v) is 0.902. The molecule has 0 saturated carbocycles. The van der Waals surface area contributed by atoms with Crippen LogP contribution in [0.2, 0.25) is 0 Å². The first-order valence-electron chi connectivity index (χ1n) is 3.45. The van der Waals surface area contributed by atoms with E-state index >= 15 is 0 Å². The number of hydroxylamine groups is 2. The first-order valence-corrected chi connectivity index (χ1v) is 3.45. The van der Waals surface area contributed by atoms with E-state index in [0.29, 0.717) is 24.3 Å². The highest BCUT2D eigenvalue weighted by atomic mass is 16.7. The van der Waals surface area contributed by atoms with Crippen molar-refractivity contribution in [3.63, 3.8) is 0 Å². The van der Waals surface area contributed by atoms with Gasteiger partial charge in [0.15, 0.2) is 0 Å². The first kappa shape index (κ1) is 7.85. The minimum Gasteiger partial charge on any atom is -0.378 e. The SMILES string of the molecule is C=C(C)ON1C(=C)CCC1=O. The van der Waals surface area contributed by atoms with Gasteiger partial charge in [-0.3, -0.25) is 4.79 Å². The van der Waals surface area contributed by atoms with Gasteiger partial charge < -0.3 is 4.84 Å². The molecule has 3 nitrogen and oxygen atoms in total. The molecular weight excluding hydrogens is 142 g/mol. The van der Waals surface area contributed by atoms with Gasteiger partial charge in [0, 0.05) is 6.42 Å². The van der Waals surface area contributed by atoms with E-state index in [1.54, 1.807) is 6.92 Å². The number of carbonyl (C=O) groups is 1. The minimum atomic E-state index is -0.0435. The van der Waals surface area contributed by atoms with Crippen molar-refractivity contribution in [3.8, 4) is 0 Å². The largest absolute Gasteiger partial charge is 0.378 e. The number of hydrogen-bond acceptors (Lipinski definition) is 2. The van der Waals surface area contributed by atoms with Crippen molar-refractivity contribution in [1.29, 1.82) is 0 Å². The Balaban J connectivity index is 2.62. The zero-order valence-corrected chi connectivity index (χ0v) is 6.59. The average molecular weight is 153 g/mol. The van der Waals surface area contributed by atoms with Crippen molar-refractivity contribution in [2.45, 2.75) is 19.8 Å². The van der Waals surface area contributed by atoms with Crippen molar-refractivity contribution in [3.05, 3.63) is 24.6 Å². The molecule has 0 aliphatic carbocycles. The lowest BCUT2D eigenvalue weighted by Gasteiger charge is -2.16. The molecule has 0 bridgehead atoms. The second-order valence-electron chi connectivity index (χ2n) is 2.55. The van der Waals surface area contributed by atoms with Crippen LogP contribution in [0.4, 0.5) is 0 Å². The summed E-state index contributed by atoms with van der Waals surface area (Å²) in [4.78, 5) is 16.0. The van der Waals surface area contributed by atoms with Crippen LogP contribution in [-0.2, 0) is 9.63 Å². The van der Waals surface area contributed by atoms with Crippen molar-refractivity contribution >= 4 is 5.91 Å². The molecular formula is C8H11NO2. The molecule has 1 saturated heterocycles. The lowest BCUT2D eigenvalue weighted by Crippen LogP contribution is -2.22. The summed E-state index contributed by atoms with van der Waals surface area (Å²) >= 11 is 0. The van der Waals surface area contributed by atoms with Gasteiger partial charge >= 0.3 is 0 Å². The molecule has 0 atom stereocenters. The van der Waals surface area contributed by atoms with Crippen molar-refractivity contribution in [1.82, 2.24) is 5.06 Å². The van der Waals surface area contributed by atoms with Crippen LogP contribution in [0.25, 0.3) is 0 Å². The minimum absolute atomic E-state index is 0.0435. The fourth-order valence-electron chi connectivity index (χ4n) is 0.902. The Morgan fingerprint density at radius 3 is 2.64 bits per heavy atom. The molecule has 1 aliphatic heterocycles. The molecule has 0 unspecified atom stereocenters. The van der Waals surface area contributed by atoms with Gasteiger partial charge in [-0.15, -0.1) is 5.06 Å². The van der Waals surface area contributed by atoms with E-state index in [-0.39, 0.29) is 5.91 Å². The first-order chi connectivity index (χ1) is 5.11. The molecule has 1 fully saturated rings. The summed E-state index contributed by atoms with van der Waals surface area (Å²) in [7, 11) is 0. The molecule has 0 spiro atoms. The molecule has 0 N–H and O–H groups in total. The van der Waals surface area contributed by atoms with Crippen LogP contribution in [-0.4, -0.2) is 11.0 Å². The van der Waals surface area contributed by atoms with Crippen LogP contribution < -0.4 is 0 Å². The molecule has 1 heterocycles. The van der Waals surface area contributed by atoms with Crippen molar-refractivity contribution in [2.75, 3.05) is 0 Å². The average Bonchev–Trinajstić information content (AvgIpc) is 2.18. The second-order valence-corrected chi connectivity index (χ2v) is 2.55. The van der Waals surface area contributed by atoms with Crippen LogP contribution in [0.15, 0.2) is 24.6 Å². The predicted molar refractivity (Wildman–Crippen MR) is 41.1 cm³/mol. The van der Waals surface area contributed by atoms with E-state index in [1.165, 1.54) is 5.06 Å². The van der Waals surface area contributed by atoms with E-state index < -0.39 is 0 Å². The summed E-state index contributed by atoms with van der Waals surface area (Å²) in [6.45, 7) is 8.90. The van der Waals surface area contributed by atoms with Crippen LogP contribution in [0.1, 0.15) is 19.8 Å². The van der Waals surface area contributed by atoms with Gasteiger partial charge in [-0.2, -0.15) is 0 Å². The lowest BCUT2D eigenvalue weighted by molar-refractivity contribution is -0.156. The van der Waals surface area contributed by atoms with Gasteiger partial charge in [-0.05, 0) is 13.3 Å². The number of rotatable bonds is 2. The summed E-state index contributed by atoms with van der Waals surface area (Å²) in [5.74, 6) is 0.458. The number of nitrogens with zero attached hydrogens (tertiary/aromatic N) is 1. The Hall–Kier alpha value is -1.25. The van der Waals surface area contributed by atoms with Crippen LogP contribution >= 0.6 is 0 Å². The summed E-state index contributed by atoms with van der Waals surface area (Å²) in [6, 6.07) is 0. The Kier molecular flexibility index (Phi) is 1.98. The number of allylic oxidation sites excluding steroid dienone is 2. The maximum atomic E-state index is 11.0. The smallest absolute Gasteiger partial charge is 0.260 e. The fraction of sp³-hybridized carbons (Fsp3) is 0.375. The Morgan fingerprint density at radius 1 is 1.64 bits per heavy atom. The van der Waals surface area contributed by atoms with E-state index in [1.807, 2.05) is 0 Å². The molecule has 1 rings (SSSR count). The number of hydrogen-bond donors (Lipinski definition) is 0. The third kappa shape index (κ3) is 1.61. The van der Waals surface area contributed by atoms with E-state index in [9.17, 15) is 4.79 Å². The topological polar surface area (TPSA) is 29.5 Å². The number of amides is 1. The Morgan fingerprint density at radius 2 is 2.27 bits per heavy atom. The monoisotopic (exact) mass is 153 g/mol. The third-order valence-corrected chi connectivity index (χ3v) is 1.39. The van der Waals surface area contributed by atoms with Gasteiger partial charge in [-0.1, -0.05) is 13.2 Å².